The van der Waals surface area contributed by atoms with Gasteiger partial charge in [-0.25, -0.2) is 9.37 Å². The number of rotatable bonds is 4. The summed E-state index contributed by atoms with van der Waals surface area (Å²) in [5.41, 5.74) is 1.05. The summed E-state index contributed by atoms with van der Waals surface area (Å²) in [4.78, 5) is 21.4. The number of benzene rings is 1. The molecule has 2 heterocycles. The van der Waals surface area contributed by atoms with Gasteiger partial charge in [-0.15, -0.1) is 0 Å². The van der Waals surface area contributed by atoms with E-state index in [9.17, 15) is 9.18 Å². The number of ether oxygens (including phenoxy) is 1. The van der Waals surface area contributed by atoms with Gasteiger partial charge in [0.1, 0.15) is 11.6 Å². The van der Waals surface area contributed by atoms with E-state index in [-0.39, 0.29) is 11.7 Å². The van der Waals surface area contributed by atoms with Gasteiger partial charge >= 0.3 is 0 Å². The Bertz CT molecular complexity index is 764. The molecule has 1 saturated heterocycles. The number of anilines is 2. The van der Waals surface area contributed by atoms with Crippen LogP contribution in [0, 0.1) is 11.2 Å². The molecule has 3 rings (SSSR count). The average molecular weight is 371 g/mol. The van der Waals surface area contributed by atoms with Crippen molar-refractivity contribution in [1.29, 1.82) is 0 Å². The fraction of sp³-hybridized carbons (Fsp3) is 0.429. The third-order valence-corrected chi connectivity index (χ3v) is 4.51. The van der Waals surface area contributed by atoms with E-state index in [4.69, 9.17) is 4.74 Å². The van der Waals surface area contributed by atoms with E-state index < -0.39 is 5.41 Å². The van der Waals surface area contributed by atoms with Crippen LogP contribution in [0.4, 0.5) is 15.9 Å². The first-order chi connectivity index (χ1) is 12.8. The second-order valence-electron chi connectivity index (χ2n) is 7.74. The van der Waals surface area contributed by atoms with E-state index in [1.165, 1.54) is 12.1 Å². The Hall–Kier alpha value is -2.47. The van der Waals surface area contributed by atoms with Gasteiger partial charge in [-0.1, -0.05) is 26.8 Å². The molecule has 0 radical (unpaired) electrons. The summed E-state index contributed by atoms with van der Waals surface area (Å²) < 4.78 is 18.7. The Kier molecular flexibility index (Phi) is 5.75. The number of carbonyl (C=O) groups excluding carboxylic acids is 1. The van der Waals surface area contributed by atoms with E-state index in [0.717, 1.165) is 24.5 Å². The molecule has 1 amide bonds. The third kappa shape index (κ3) is 4.83. The molecule has 1 fully saturated rings. The Labute approximate surface area is 159 Å². The number of morpholine rings is 1. The van der Waals surface area contributed by atoms with E-state index in [1.807, 2.05) is 32.9 Å². The van der Waals surface area contributed by atoms with Crippen molar-refractivity contribution in [2.75, 3.05) is 36.1 Å². The minimum absolute atomic E-state index is 0.0219. The van der Waals surface area contributed by atoms with Crippen molar-refractivity contribution in [3.05, 3.63) is 54.0 Å². The first-order valence-corrected chi connectivity index (χ1v) is 9.20. The van der Waals surface area contributed by atoms with E-state index in [1.54, 1.807) is 23.2 Å². The third-order valence-electron chi connectivity index (χ3n) is 4.51. The van der Waals surface area contributed by atoms with Crippen LogP contribution < -0.4 is 9.80 Å². The molecule has 27 heavy (non-hydrogen) atoms. The fourth-order valence-corrected chi connectivity index (χ4v) is 2.98. The molecule has 1 aliphatic rings. The van der Waals surface area contributed by atoms with Gasteiger partial charge in [-0.3, -0.25) is 4.79 Å². The number of hydrogen-bond donors (Lipinski definition) is 0. The summed E-state index contributed by atoms with van der Waals surface area (Å²) in [6, 6.07) is 9.98. The molecule has 0 bridgehead atoms. The molecule has 144 valence electrons. The van der Waals surface area contributed by atoms with Crippen molar-refractivity contribution < 1.29 is 13.9 Å². The second kappa shape index (κ2) is 8.05. The average Bonchev–Trinajstić information content (AvgIpc) is 2.67. The van der Waals surface area contributed by atoms with Gasteiger partial charge in [0, 0.05) is 30.4 Å². The van der Waals surface area contributed by atoms with Crippen LogP contribution in [0.15, 0.2) is 42.6 Å². The molecule has 1 aromatic heterocycles. The molecule has 0 N–H and O–H groups in total. The SMILES string of the molecule is CC(C)(C)C(=O)N(Cc1ccc(N2CCOCC2)nc1)c1ccc(F)cc1. The van der Waals surface area contributed by atoms with E-state index >= 15 is 0 Å². The van der Waals surface area contributed by atoms with Crippen LogP contribution in [-0.2, 0) is 16.1 Å². The lowest BCUT2D eigenvalue weighted by molar-refractivity contribution is -0.125. The van der Waals surface area contributed by atoms with Gasteiger partial charge in [-0.2, -0.15) is 0 Å². The van der Waals surface area contributed by atoms with Crippen LogP contribution in [0.5, 0.6) is 0 Å². The van der Waals surface area contributed by atoms with Crippen molar-refractivity contribution in [1.82, 2.24) is 4.98 Å². The Morgan fingerprint density at radius 2 is 1.81 bits per heavy atom. The van der Waals surface area contributed by atoms with Gasteiger partial charge in [0.05, 0.1) is 19.8 Å². The van der Waals surface area contributed by atoms with Gasteiger partial charge in [0.2, 0.25) is 5.91 Å². The van der Waals surface area contributed by atoms with Crippen LogP contribution in [0.3, 0.4) is 0 Å². The molecule has 0 saturated carbocycles. The minimum Gasteiger partial charge on any atom is -0.378 e. The highest BCUT2D eigenvalue weighted by atomic mass is 19.1. The number of hydrogen-bond acceptors (Lipinski definition) is 4. The van der Waals surface area contributed by atoms with Crippen LogP contribution >= 0.6 is 0 Å². The number of pyridine rings is 1. The highest BCUT2D eigenvalue weighted by Crippen LogP contribution is 2.26. The zero-order valence-corrected chi connectivity index (χ0v) is 16.1. The largest absolute Gasteiger partial charge is 0.378 e. The first-order valence-electron chi connectivity index (χ1n) is 9.20. The van der Waals surface area contributed by atoms with Crippen molar-refractivity contribution >= 4 is 17.4 Å². The summed E-state index contributed by atoms with van der Waals surface area (Å²) in [6.07, 6.45) is 1.80. The highest BCUT2D eigenvalue weighted by Gasteiger charge is 2.28. The van der Waals surface area contributed by atoms with E-state index in [0.29, 0.717) is 25.4 Å². The van der Waals surface area contributed by atoms with Crippen molar-refractivity contribution in [2.24, 2.45) is 5.41 Å². The number of amides is 1. The van der Waals surface area contributed by atoms with Gasteiger partial charge in [0.25, 0.3) is 0 Å². The van der Waals surface area contributed by atoms with Crippen LogP contribution in [0.2, 0.25) is 0 Å². The fourth-order valence-electron chi connectivity index (χ4n) is 2.98. The predicted octanol–water partition coefficient (Wildman–Crippen LogP) is 3.64. The zero-order valence-electron chi connectivity index (χ0n) is 16.1. The van der Waals surface area contributed by atoms with Crippen molar-refractivity contribution in [3.8, 4) is 0 Å². The Balaban J connectivity index is 1.81. The molecule has 6 heteroatoms. The topological polar surface area (TPSA) is 45.7 Å². The zero-order chi connectivity index (χ0) is 19.4. The monoisotopic (exact) mass is 371 g/mol. The number of halogens is 1. The quantitative estimate of drug-likeness (QED) is 0.823. The molecule has 1 aliphatic heterocycles. The van der Waals surface area contributed by atoms with Gasteiger partial charge in [0.15, 0.2) is 0 Å². The molecule has 0 atom stereocenters. The van der Waals surface area contributed by atoms with Crippen LogP contribution in [0.1, 0.15) is 26.3 Å². The number of carbonyl (C=O) groups is 1. The van der Waals surface area contributed by atoms with Gasteiger partial charge in [-0.05, 0) is 35.9 Å². The maximum Gasteiger partial charge on any atom is 0.232 e. The van der Waals surface area contributed by atoms with Crippen LogP contribution in [0.25, 0.3) is 0 Å². The Morgan fingerprint density at radius 3 is 2.37 bits per heavy atom. The molecule has 2 aromatic rings. The molecule has 0 unspecified atom stereocenters. The van der Waals surface area contributed by atoms with Crippen molar-refractivity contribution in [2.45, 2.75) is 27.3 Å². The summed E-state index contributed by atoms with van der Waals surface area (Å²) in [5, 5.41) is 0. The highest BCUT2D eigenvalue weighted by molar-refractivity contribution is 5.96. The maximum atomic E-state index is 13.3. The summed E-state index contributed by atoms with van der Waals surface area (Å²) in [5.74, 6) is 0.572. The minimum atomic E-state index is -0.546. The lowest BCUT2D eigenvalue weighted by Crippen LogP contribution is -2.39. The second-order valence-corrected chi connectivity index (χ2v) is 7.74. The normalized spacial score (nSPS) is 14.9. The lowest BCUT2D eigenvalue weighted by Gasteiger charge is -2.30. The first kappa shape index (κ1) is 19.3. The molecule has 1 aromatic carbocycles. The summed E-state index contributed by atoms with van der Waals surface area (Å²) in [6.45, 7) is 9.11. The Morgan fingerprint density at radius 1 is 1.15 bits per heavy atom. The number of aromatic nitrogens is 1. The standard InChI is InChI=1S/C21H26FN3O2/c1-21(2,3)20(26)25(18-7-5-17(22)6-8-18)15-16-4-9-19(23-14-16)24-10-12-27-13-11-24/h4-9,14H,10-13,15H2,1-3H3. The smallest absolute Gasteiger partial charge is 0.232 e. The van der Waals surface area contributed by atoms with Gasteiger partial charge < -0.3 is 14.5 Å². The lowest BCUT2D eigenvalue weighted by atomic mass is 9.94. The number of nitrogens with zero attached hydrogens (tertiary/aromatic N) is 3. The van der Waals surface area contributed by atoms with E-state index in [2.05, 4.69) is 9.88 Å². The summed E-state index contributed by atoms with van der Waals surface area (Å²) >= 11 is 0. The molecular formula is C21H26FN3O2. The maximum absolute atomic E-state index is 13.3. The molecule has 5 nitrogen and oxygen atoms in total. The molecule has 0 spiro atoms. The predicted molar refractivity (Wildman–Crippen MR) is 104 cm³/mol. The van der Waals surface area contributed by atoms with Crippen LogP contribution in [-0.4, -0.2) is 37.2 Å². The van der Waals surface area contributed by atoms with Crippen molar-refractivity contribution in [3.63, 3.8) is 0 Å². The molecule has 0 aliphatic carbocycles. The molecular weight excluding hydrogens is 345 g/mol. The summed E-state index contributed by atoms with van der Waals surface area (Å²) in [7, 11) is 0.